The zero-order valence-electron chi connectivity index (χ0n) is 7.33. The van der Waals surface area contributed by atoms with Crippen LogP contribution in [-0.4, -0.2) is 19.0 Å². The van der Waals surface area contributed by atoms with Crippen LogP contribution in [0, 0.1) is 11.3 Å². The van der Waals surface area contributed by atoms with E-state index >= 15 is 0 Å². The summed E-state index contributed by atoms with van der Waals surface area (Å²) < 4.78 is 10.3. The van der Waals surface area contributed by atoms with Crippen LogP contribution in [0.2, 0.25) is 0 Å². The highest BCUT2D eigenvalue weighted by Gasteiger charge is 2.09. The fourth-order valence-electron chi connectivity index (χ4n) is 0.723. The molecular weight excluding hydrogens is 142 g/mol. The van der Waals surface area contributed by atoms with E-state index in [9.17, 15) is 0 Å². The second-order valence-electron chi connectivity index (χ2n) is 2.19. The van der Waals surface area contributed by atoms with E-state index in [-0.39, 0.29) is 12.4 Å². The van der Waals surface area contributed by atoms with Crippen LogP contribution in [0.5, 0.6) is 0 Å². The Balaban J connectivity index is 3.55. The molecule has 0 amide bonds. The van der Waals surface area contributed by atoms with Crippen molar-refractivity contribution >= 4 is 0 Å². The Bertz CT molecular complexity index is 131. The van der Waals surface area contributed by atoms with Crippen LogP contribution >= 0.6 is 0 Å². The molecule has 64 valence electrons. The van der Waals surface area contributed by atoms with E-state index in [4.69, 9.17) is 14.7 Å². The van der Waals surface area contributed by atoms with Crippen LogP contribution in [0.25, 0.3) is 0 Å². The number of hydrogen-bond donors (Lipinski definition) is 0. The molecule has 0 spiro atoms. The van der Waals surface area contributed by atoms with Crippen molar-refractivity contribution in [1.29, 1.82) is 5.26 Å². The van der Waals surface area contributed by atoms with E-state index in [0.717, 1.165) is 0 Å². The van der Waals surface area contributed by atoms with Crippen LogP contribution in [0.1, 0.15) is 27.2 Å². The van der Waals surface area contributed by atoms with Gasteiger partial charge in [0.15, 0.2) is 6.29 Å². The molecule has 0 N–H and O–H groups in total. The van der Waals surface area contributed by atoms with Gasteiger partial charge < -0.3 is 9.47 Å². The lowest BCUT2D eigenvalue weighted by molar-refractivity contribution is -0.144. The average molecular weight is 157 g/mol. The zero-order chi connectivity index (χ0) is 8.69. The Hall–Kier alpha value is -0.590. The summed E-state index contributed by atoms with van der Waals surface area (Å²) >= 11 is 0. The molecule has 0 aromatic rings. The first-order valence-corrected chi connectivity index (χ1v) is 3.91. The molecule has 0 aliphatic rings. The van der Waals surface area contributed by atoms with Crippen molar-refractivity contribution in [3.05, 3.63) is 0 Å². The maximum Gasteiger partial charge on any atom is 0.156 e. The third-order valence-electron chi connectivity index (χ3n) is 1.27. The summed E-state index contributed by atoms with van der Waals surface area (Å²) in [7, 11) is 0. The molecule has 0 bridgehead atoms. The lowest BCUT2D eigenvalue weighted by atomic mass is 10.3. The van der Waals surface area contributed by atoms with Crippen molar-refractivity contribution < 1.29 is 9.47 Å². The van der Waals surface area contributed by atoms with Crippen molar-refractivity contribution in [3.8, 4) is 6.07 Å². The molecule has 3 nitrogen and oxygen atoms in total. The van der Waals surface area contributed by atoms with Crippen molar-refractivity contribution in [2.75, 3.05) is 6.61 Å². The monoisotopic (exact) mass is 157 g/mol. The van der Waals surface area contributed by atoms with Crippen LogP contribution < -0.4 is 0 Å². The number of ether oxygens (including phenoxy) is 2. The summed E-state index contributed by atoms with van der Waals surface area (Å²) in [5, 5.41) is 8.51. The minimum absolute atomic E-state index is 0.274. The van der Waals surface area contributed by atoms with Crippen LogP contribution in [0.4, 0.5) is 0 Å². The predicted octanol–water partition coefficient (Wildman–Crippen LogP) is 1.69. The highest BCUT2D eigenvalue weighted by atomic mass is 16.7. The number of hydrogen-bond acceptors (Lipinski definition) is 3. The molecule has 0 saturated heterocycles. The Morgan fingerprint density at radius 1 is 1.45 bits per heavy atom. The normalized spacial score (nSPS) is 15.5. The van der Waals surface area contributed by atoms with Gasteiger partial charge in [0, 0.05) is 6.61 Å². The number of nitriles is 1. The number of rotatable bonds is 5. The number of nitrogens with zero attached hydrogens (tertiary/aromatic N) is 1. The maximum atomic E-state index is 8.51. The lowest BCUT2D eigenvalue weighted by Crippen LogP contribution is -2.20. The van der Waals surface area contributed by atoms with Crippen LogP contribution in [0.3, 0.4) is 0 Å². The van der Waals surface area contributed by atoms with E-state index < -0.39 is 0 Å². The lowest BCUT2D eigenvalue weighted by Gasteiger charge is -2.15. The van der Waals surface area contributed by atoms with Gasteiger partial charge in [0.2, 0.25) is 0 Å². The molecule has 0 unspecified atom stereocenters. The summed E-state index contributed by atoms with van der Waals surface area (Å²) in [5.41, 5.74) is 0. The first-order valence-electron chi connectivity index (χ1n) is 3.91. The Labute approximate surface area is 67.9 Å². The minimum Gasteiger partial charge on any atom is -0.353 e. The maximum absolute atomic E-state index is 8.51. The molecule has 0 saturated carbocycles. The Morgan fingerprint density at radius 3 is 2.45 bits per heavy atom. The van der Waals surface area contributed by atoms with Gasteiger partial charge in [-0.15, -0.1) is 0 Å². The predicted molar refractivity (Wildman–Crippen MR) is 41.9 cm³/mol. The summed E-state index contributed by atoms with van der Waals surface area (Å²) in [4.78, 5) is 0. The minimum atomic E-state index is -0.337. The van der Waals surface area contributed by atoms with E-state index in [1.165, 1.54) is 0 Å². The zero-order valence-corrected chi connectivity index (χ0v) is 7.33. The Kier molecular flexibility index (Phi) is 5.81. The van der Waals surface area contributed by atoms with E-state index in [2.05, 4.69) is 0 Å². The first-order chi connectivity index (χ1) is 5.24. The first kappa shape index (κ1) is 10.4. The third-order valence-corrected chi connectivity index (χ3v) is 1.27. The van der Waals surface area contributed by atoms with Gasteiger partial charge in [-0.25, -0.2) is 0 Å². The average Bonchev–Trinajstić information content (AvgIpc) is 2.01. The second-order valence-corrected chi connectivity index (χ2v) is 2.19. The van der Waals surface area contributed by atoms with E-state index in [1.54, 1.807) is 6.92 Å². The SMILES string of the molecule is CCO[C@H](C)O[C@H](C#N)CC. The molecule has 0 radical (unpaired) electrons. The molecule has 0 aromatic carbocycles. The summed E-state index contributed by atoms with van der Waals surface area (Å²) in [6.07, 6.45) is 0.0922. The highest BCUT2D eigenvalue weighted by molar-refractivity contribution is 4.82. The van der Waals surface area contributed by atoms with Gasteiger partial charge in [-0.2, -0.15) is 5.26 Å². The summed E-state index contributed by atoms with van der Waals surface area (Å²) in [5.74, 6) is 0. The van der Waals surface area contributed by atoms with Crippen molar-refractivity contribution in [3.63, 3.8) is 0 Å². The van der Waals surface area contributed by atoms with Crippen LogP contribution in [-0.2, 0) is 9.47 Å². The molecule has 2 atom stereocenters. The highest BCUT2D eigenvalue weighted by Crippen LogP contribution is 2.02. The largest absolute Gasteiger partial charge is 0.353 e. The standard InChI is InChI=1S/C8H15NO2/c1-4-8(6-9)11-7(3)10-5-2/h7-8H,4-5H2,1-3H3/t7-,8-/m0/s1. The molecule has 3 heteroatoms. The molecule has 11 heavy (non-hydrogen) atoms. The van der Waals surface area contributed by atoms with E-state index in [1.807, 2.05) is 19.9 Å². The van der Waals surface area contributed by atoms with Gasteiger partial charge in [0.25, 0.3) is 0 Å². The summed E-state index contributed by atoms with van der Waals surface area (Å²) in [6.45, 7) is 6.21. The molecule has 0 aromatic heterocycles. The topological polar surface area (TPSA) is 42.2 Å². The van der Waals surface area contributed by atoms with Gasteiger partial charge in [0.05, 0.1) is 6.07 Å². The summed E-state index contributed by atoms with van der Waals surface area (Å²) in [6, 6.07) is 2.04. The van der Waals surface area contributed by atoms with Gasteiger partial charge in [0.1, 0.15) is 6.10 Å². The Morgan fingerprint density at radius 2 is 2.09 bits per heavy atom. The smallest absolute Gasteiger partial charge is 0.156 e. The molecule has 0 fully saturated rings. The third kappa shape index (κ3) is 4.77. The van der Waals surface area contributed by atoms with Crippen molar-refractivity contribution in [2.24, 2.45) is 0 Å². The molecule has 0 aliphatic heterocycles. The quantitative estimate of drug-likeness (QED) is 0.570. The van der Waals surface area contributed by atoms with E-state index in [0.29, 0.717) is 13.0 Å². The van der Waals surface area contributed by atoms with Gasteiger partial charge >= 0.3 is 0 Å². The van der Waals surface area contributed by atoms with Gasteiger partial charge in [-0.05, 0) is 20.3 Å². The second kappa shape index (κ2) is 6.14. The van der Waals surface area contributed by atoms with Crippen LogP contribution in [0.15, 0.2) is 0 Å². The molecule has 0 rings (SSSR count). The fourth-order valence-corrected chi connectivity index (χ4v) is 0.723. The van der Waals surface area contributed by atoms with Crippen molar-refractivity contribution in [2.45, 2.75) is 39.6 Å². The van der Waals surface area contributed by atoms with Gasteiger partial charge in [-0.3, -0.25) is 0 Å². The molecular formula is C8H15NO2. The molecule has 0 aliphatic carbocycles. The van der Waals surface area contributed by atoms with Crippen molar-refractivity contribution in [1.82, 2.24) is 0 Å². The van der Waals surface area contributed by atoms with Gasteiger partial charge in [-0.1, -0.05) is 6.92 Å². The fraction of sp³-hybridized carbons (Fsp3) is 0.875. The molecule has 0 heterocycles.